The fraction of sp³-hybridized carbons (Fsp3) is 0.267. The van der Waals surface area contributed by atoms with Gasteiger partial charge in [-0.05, 0) is 37.6 Å². The average molecular weight is 284 g/mol. The predicted molar refractivity (Wildman–Crippen MR) is 78.5 cm³/mol. The SMILES string of the molecule is Cc1cc(C#CCO)cc(NC(=O)C(C)n2cncn2)c1. The van der Waals surface area contributed by atoms with Gasteiger partial charge < -0.3 is 10.4 Å². The van der Waals surface area contributed by atoms with Crippen molar-refractivity contribution >= 4 is 11.6 Å². The molecule has 1 atom stereocenters. The second-order valence-corrected chi connectivity index (χ2v) is 4.59. The van der Waals surface area contributed by atoms with Crippen LogP contribution in [0.2, 0.25) is 0 Å². The molecule has 2 rings (SSSR count). The zero-order valence-electron chi connectivity index (χ0n) is 11.9. The van der Waals surface area contributed by atoms with Gasteiger partial charge in [-0.2, -0.15) is 5.10 Å². The highest BCUT2D eigenvalue weighted by Crippen LogP contribution is 2.16. The van der Waals surface area contributed by atoms with E-state index in [0.29, 0.717) is 5.69 Å². The van der Waals surface area contributed by atoms with Gasteiger partial charge in [-0.3, -0.25) is 4.79 Å². The van der Waals surface area contributed by atoms with Crippen LogP contribution in [0.25, 0.3) is 0 Å². The molecule has 0 radical (unpaired) electrons. The van der Waals surface area contributed by atoms with E-state index in [4.69, 9.17) is 5.11 Å². The number of hydrogen-bond acceptors (Lipinski definition) is 4. The average Bonchev–Trinajstić information content (AvgIpc) is 2.97. The maximum atomic E-state index is 12.2. The minimum absolute atomic E-state index is 0.188. The Labute approximate surface area is 122 Å². The van der Waals surface area contributed by atoms with Crippen LogP contribution in [0.5, 0.6) is 0 Å². The van der Waals surface area contributed by atoms with E-state index in [1.165, 1.54) is 17.3 Å². The second-order valence-electron chi connectivity index (χ2n) is 4.59. The fourth-order valence-electron chi connectivity index (χ4n) is 1.85. The molecule has 6 nitrogen and oxygen atoms in total. The number of carbonyl (C=O) groups is 1. The van der Waals surface area contributed by atoms with E-state index in [-0.39, 0.29) is 12.5 Å². The molecule has 0 saturated heterocycles. The van der Waals surface area contributed by atoms with E-state index in [1.54, 1.807) is 13.0 Å². The quantitative estimate of drug-likeness (QED) is 0.828. The number of aryl methyl sites for hydroxylation is 1. The molecule has 108 valence electrons. The maximum absolute atomic E-state index is 12.2. The van der Waals surface area contributed by atoms with Gasteiger partial charge in [0.2, 0.25) is 5.91 Å². The molecule has 0 saturated carbocycles. The van der Waals surface area contributed by atoms with E-state index in [9.17, 15) is 4.79 Å². The topological polar surface area (TPSA) is 80.0 Å². The Hall–Kier alpha value is -2.65. The van der Waals surface area contributed by atoms with E-state index in [1.807, 2.05) is 19.1 Å². The number of carbonyl (C=O) groups excluding carboxylic acids is 1. The molecule has 0 aliphatic carbocycles. The first kappa shape index (κ1) is 14.8. The Morgan fingerprint density at radius 2 is 2.29 bits per heavy atom. The van der Waals surface area contributed by atoms with Crippen LogP contribution in [-0.2, 0) is 4.79 Å². The second kappa shape index (κ2) is 6.68. The minimum atomic E-state index is -0.458. The molecular weight excluding hydrogens is 268 g/mol. The number of anilines is 1. The highest BCUT2D eigenvalue weighted by Gasteiger charge is 2.15. The van der Waals surface area contributed by atoms with E-state index >= 15 is 0 Å². The Morgan fingerprint density at radius 1 is 1.48 bits per heavy atom. The summed E-state index contributed by atoms with van der Waals surface area (Å²) in [7, 11) is 0. The fourth-order valence-corrected chi connectivity index (χ4v) is 1.85. The van der Waals surface area contributed by atoms with E-state index < -0.39 is 6.04 Å². The van der Waals surface area contributed by atoms with Crippen LogP contribution < -0.4 is 5.32 Å². The highest BCUT2D eigenvalue weighted by atomic mass is 16.2. The third-order valence-corrected chi connectivity index (χ3v) is 2.87. The zero-order chi connectivity index (χ0) is 15.2. The van der Waals surface area contributed by atoms with Crippen molar-refractivity contribution in [3.8, 4) is 11.8 Å². The van der Waals surface area contributed by atoms with Crippen LogP contribution in [0.15, 0.2) is 30.9 Å². The first-order valence-electron chi connectivity index (χ1n) is 6.46. The molecule has 0 spiro atoms. The van der Waals surface area contributed by atoms with Gasteiger partial charge in [-0.15, -0.1) is 0 Å². The van der Waals surface area contributed by atoms with Crippen molar-refractivity contribution in [1.29, 1.82) is 0 Å². The van der Waals surface area contributed by atoms with Crippen LogP contribution in [0.4, 0.5) is 5.69 Å². The number of rotatable bonds is 3. The number of nitrogens with zero attached hydrogens (tertiary/aromatic N) is 3. The summed E-state index contributed by atoms with van der Waals surface area (Å²) in [5.74, 6) is 5.23. The Balaban J connectivity index is 2.15. The van der Waals surface area contributed by atoms with Gasteiger partial charge in [-0.1, -0.05) is 11.8 Å². The highest BCUT2D eigenvalue weighted by molar-refractivity contribution is 5.93. The normalized spacial score (nSPS) is 11.4. The molecule has 1 unspecified atom stereocenters. The standard InChI is InChI=1S/C15H16N4O2/c1-11-6-13(4-3-5-20)8-14(7-11)18-15(21)12(2)19-10-16-9-17-19/h6-10,12,20H,5H2,1-2H3,(H,18,21). The van der Waals surface area contributed by atoms with E-state index in [0.717, 1.165) is 11.1 Å². The predicted octanol–water partition coefficient (Wildman–Crippen LogP) is 1.13. The van der Waals surface area contributed by atoms with Crippen molar-refractivity contribution in [3.63, 3.8) is 0 Å². The molecule has 21 heavy (non-hydrogen) atoms. The Bertz CT molecular complexity index is 683. The first-order valence-corrected chi connectivity index (χ1v) is 6.46. The molecule has 1 amide bonds. The molecule has 2 aromatic rings. The lowest BCUT2D eigenvalue weighted by molar-refractivity contribution is -0.119. The third kappa shape index (κ3) is 3.91. The van der Waals surface area contributed by atoms with Crippen molar-refractivity contribution in [2.24, 2.45) is 0 Å². The van der Waals surface area contributed by atoms with Gasteiger partial charge in [0.05, 0.1) is 0 Å². The molecule has 2 N–H and O–H groups in total. The number of nitrogens with one attached hydrogen (secondary N) is 1. The molecule has 0 bridgehead atoms. The largest absolute Gasteiger partial charge is 0.384 e. The smallest absolute Gasteiger partial charge is 0.249 e. The Kier molecular flexibility index (Phi) is 4.69. The number of aliphatic hydroxyl groups is 1. The molecule has 0 aliphatic rings. The van der Waals surface area contributed by atoms with Crippen LogP contribution in [0.3, 0.4) is 0 Å². The number of aromatic nitrogens is 3. The van der Waals surface area contributed by atoms with Gasteiger partial charge in [0.15, 0.2) is 0 Å². The third-order valence-electron chi connectivity index (χ3n) is 2.87. The van der Waals surface area contributed by atoms with Gasteiger partial charge in [0.1, 0.15) is 25.3 Å². The van der Waals surface area contributed by atoms with Crippen molar-refractivity contribution in [3.05, 3.63) is 42.0 Å². The monoisotopic (exact) mass is 284 g/mol. The summed E-state index contributed by atoms with van der Waals surface area (Å²) in [6, 6.07) is 5.05. The lowest BCUT2D eigenvalue weighted by Gasteiger charge is -2.12. The van der Waals surface area contributed by atoms with Gasteiger partial charge in [-0.25, -0.2) is 9.67 Å². The summed E-state index contributed by atoms with van der Waals surface area (Å²) in [6.07, 6.45) is 2.89. The number of aliphatic hydroxyl groups excluding tert-OH is 1. The van der Waals surface area contributed by atoms with Crippen LogP contribution in [0.1, 0.15) is 24.1 Å². The minimum Gasteiger partial charge on any atom is -0.384 e. The molecule has 0 aliphatic heterocycles. The van der Waals surface area contributed by atoms with Crippen molar-refractivity contribution in [2.45, 2.75) is 19.9 Å². The lowest BCUT2D eigenvalue weighted by Crippen LogP contribution is -2.24. The summed E-state index contributed by atoms with van der Waals surface area (Å²) in [6.45, 7) is 3.46. The zero-order valence-corrected chi connectivity index (χ0v) is 11.9. The number of benzene rings is 1. The summed E-state index contributed by atoms with van der Waals surface area (Å²) in [5, 5.41) is 15.5. The molecular formula is C15H16N4O2. The summed E-state index contributed by atoms with van der Waals surface area (Å²) < 4.78 is 1.48. The maximum Gasteiger partial charge on any atom is 0.249 e. The molecule has 1 aromatic carbocycles. The lowest BCUT2D eigenvalue weighted by atomic mass is 10.1. The van der Waals surface area contributed by atoms with Crippen molar-refractivity contribution in [2.75, 3.05) is 11.9 Å². The van der Waals surface area contributed by atoms with Crippen molar-refractivity contribution in [1.82, 2.24) is 14.8 Å². The van der Waals surface area contributed by atoms with Crippen LogP contribution >= 0.6 is 0 Å². The van der Waals surface area contributed by atoms with Crippen LogP contribution in [-0.4, -0.2) is 32.4 Å². The van der Waals surface area contributed by atoms with Crippen LogP contribution in [0, 0.1) is 18.8 Å². The van der Waals surface area contributed by atoms with Gasteiger partial charge in [0, 0.05) is 11.3 Å². The van der Waals surface area contributed by atoms with Gasteiger partial charge >= 0.3 is 0 Å². The van der Waals surface area contributed by atoms with Gasteiger partial charge in [0.25, 0.3) is 0 Å². The number of amides is 1. The molecule has 6 heteroatoms. The summed E-state index contributed by atoms with van der Waals surface area (Å²) in [5.41, 5.74) is 2.38. The first-order chi connectivity index (χ1) is 10.1. The molecule has 0 fully saturated rings. The number of hydrogen-bond donors (Lipinski definition) is 2. The summed E-state index contributed by atoms with van der Waals surface area (Å²) >= 11 is 0. The van der Waals surface area contributed by atoms with E-state index in [2.05, 4.69) is 27.2 Å². The molecule has 1 heterocycles. The van der Waals surface area contributed by atoms with Crippen molar-refractivity contribution < 1.29 is 9.90 Å². The summed E-state index contributed by atoms with van der Waals surface area (Å²) in [4.78, 5) is 16.0. The Morgan fingerprint density at radius 3 is 2.95 bits per heavy atom. The molecule has 1 aromatic heterocycles.